The minimum Gasteiger partial charge on any atom is -0.322 e. The summed E-state index contributed by atoms with van der Waals surface area (Å²) in [7, 11) is 0. The van der Waals surface area contributed by atoms with Gasteiger partial charge in [0.1, 0.15) is 0 Å². The summed E-state index contributed by atoms with van der Waals surface area (Å²) in [6.07, 6.45) is 2.63. The van der Waals surface area contributed by atoms with E-state index in [1.165, 1.54) is 16.4 Å². The first kappa shape index (κ1) is 8.74. The molecule has 2 rings (SSSR count). The number of nitrogens with two attached hydrogens (primary N) is 1. The molecule has 0 aliphatic rings. The second-order valence-electron chi connectivity index (χ2n) is 2.61. The Balaban J connectivity index is 2.04. The van der Waals surface area contributed by atoms with Crippen LogP contribution in [0.4, 0.5) is 0 Å². The quantitative estimate of drug-likeness (QED) is 0.831. The Morgan fingerprint density at radius 1 is 1.54 bits per heavy atom. The Bertz CT molecular complexity index is 342. The van der Waals surface area contributed by atoms with E-state index in [9.17, 15) is 0 Å². The summed E-state index contributed by atoms with van der Waals surface area (Å²) < 4.78 is 3.77. The van der Waals surface area contributed by atoms with Crippen molar-refractivity contribution >= 4 is 22.9 Å². The van der Waals surface area contributed by atoms with E-state index in [-0.39, 0.29) is 6.04 Å². The van der Waals surface area contributed by atoms with Crippen LogP contribution in [-0.4, -0.2) is 14.6 Å². The van der Waals surface area contributed by atoms with Gasteiger partial charge in [-0.15, -0.1) is 16.4 Å². The summed E-state index contributed by atoms with van der Waals surface area (Å²) in [5.41, 5.74) is 8.58. The van der Waals surface area contributed by atoms with Gasteiger partial charge < -0.3 is 5.73 Å². The molecule has 6 heteroatoms. The highest BCUT2D eigenvalue weighted by Gasteiger charge is 2.10. The summed E-state index contributed by atoms with van der Waals surface area (Å²) in [4.78, 5) is 5.17. The Labute approximate surface area is 83.6 Å². The molecule has 2 heterocycles. The lowest BCUT2D eigenvalue weighted by Gasteiger charge is -2.04. The van der Waals surface area contributed by atoms with Crippen LogP contribution in [0, 0.1) is 0 Å². The Hall–Kier alpha value is -0.850. The van der Waals surface area contributed by atoms with Crippen molar-refractivity contribution in [3.05, 3.63) is 27.7 Å². The van der Waals surface area contributed by atoms with Gasteiger partial charge in [-0.2, -0.15) is 0 Å². The molecular formula is C7H8N4S2. The lowest BCUT2D eigenvalue weighted by atomic mass is 10.1. The second kappa shape index (κ2) is 3.91. The van der Waals surface area contributed by atoms with Crippen molar-refractivity contribution in [1.82, 2.24) is 14.6 Å². The van der Waals surface area contributed by atoms with Crippen LogP contribution in [0.25, 0.3) is 0 Å². The summed E-state index contributed by atoms with van der Waals surface area (Å²) in [6.45, 7) is 0. The maximum absolute atomic E-state index is 5.91. The van der Waals surface area contributed by atoms with Crippen molar-refractivity contribution in [2.45, 2.75) is 12.5 Å². The number of aromatic nitrogens is 3. The molecule has 0 aromatic carbocycles. The van der Waals surface area contributed by atoms with Crippen molar-refractivity contribution in [3.8, 4) is 0 Å². The molecule has 0 aliphatic heterocycles. The average Bonchev–Trinajstić information content (AvgIpc) is 2.74. The highest BCUT2D eigenvalue weighted by molar-refractivity contribution is 7.09. The smallest absolute Gasteiger partial charge is 0.0926 e. The van der Waals surface area contributed by atoms with E-state index in [2.05, 4.69) is 14.6 Å². The van der Waals surface area contributed by atoms with Crippen LogP contribution < -0.4 is 5.73 Å². The van der Waals surface area contributed by atoms with Gasteiger partial charge in [-0.3, -0.25) is 4.98 Å². The monoisotopic (exact) mass is 212 g/mol. The zero-order valence-electron chi connectivity index (χ0n) is 6.75. The molecular weight excluding hydrogens is 204 g/mol. The Morgan fingerprint density at radius 2 is 2.46 bits per heavy atom. The molecule has 2 aromatic heterocycles. The molecule has 0 saturated heterocycles. The molecule has 0 amide bonds. The molecule has 1 unspecified atom stereocenters. The number of nitrogens with zero attached hydrogens (tertiary/aromatic N) is 3. The van der Waals surface area contributed by atoms with Crippen molar-refractivity contribution in [2.24, 2.45) is 5.73 Å². The predicted molar refractivity (Wildman–Crippen MR) is 52.7 cm³/mol. The molecule has 2 N–H and O–H groups in total. The van der Waals surface area contributed by atoms with Gasteiger partial charge >= 0.3 is 0 Å². The van der Waals surface area contributed by atoms with E-state index in [4.69, 9.17) is 5.73 Å². The van der Waals surface area contributed by atoms with Gasteiger partial charge in [0.2, 0.25) is 0 Å². The number of hydrogen-bond acceptors (Lipinski definition) is 6. The van der Waals surface area contributed by atoms with Crippen LogP contribution in [0.3, 0.4) is 0 Å². The van der Waals surface area contributed by atoms with E-state index in [0.29, 0.717) is 0 Å². The molecule has 0 radical (unpaired) electrons. The normalized spacial score (nSPS) is 13.0. The standard InChI is InChI=1S/C7H8N4S2/c8-6(7-3-13-11-10-7)1-5-2-9-4-12-5/h2-4,6H,1,8H2. The van der Waals surface area contributed by atoms with Crippen LogP contribution in [0.5, 0.6) is 0 Å². The van der Waals surface area contributed by atoms with Crippen LogP contribution >= 0.6 is 22.9 Å². The molecule has 0 fully saturated rings. The minimum atomic E-state index is -0.0563. The second-order valence-corrected chi connectivity index (χ2v) is 4.19. The SMILES string of the molecule is NC(Cc1cncs1)c1csnn1. The van der Waals surface area contributed by atoms with Crippen molar-refractivity contribution in [2.75, 3.05) is 0 Å². The van der Waals surface area contributed by atoms with Gasteiger partial charge in [-0.05, 0) is 11.5 Å². The molecule has 4 nitrogen and oxygen atoms in total. The fourth-order valence-corrected chi connectivity index (χ4v) is 2.17. The van der Waals surface area contributed by atoms with Gasteiger partial charge in [-0.25, -0.2) is 0 Å². The van der Waals surface area contributed by atoms with E-state index < -0.39 is 0 Å². The molecule has 1 atom stereocenters. The zero-order chi connectivity index (χ0) is 9.10. The van der Waals surface area contributed by atoms with Crippen LogP contribution in [-0.2, 0) is 6.42 Å². The van der Waals surface area contributed by atoms with E-state index >= 15 is 0 Å². The van der Waals surface area contributed by atoms with E-state index in [1.54, 1.807) is 16.8 Å². The third-order valence-electron chi connectivity index (χ3n) is 1.66. The first-order valence-corrected chi connectivity index (χ1v) is 5.48. The Kier molecular flexibility index (Phi) is 2.62. The summed E-state index contributed by atoms with van der Waals surface area (Å²) in [5, 5.41) is 5.81. The van der Waals surface area contributed by atoms with Crippen molar-refractivity contribution < 1.29 is 0 Å². The van der Waals surface area contributed by atoms with Crippen LogP contribution in [0.2, 0.25) is 0 Å². The lowest BCUT2D eigenvalue weighted by molar-refractivity contribution is 0.698. The molecule has 13 heavy (non-hydrogen) atoms. The third-order valence-corrected chi connectivity index (χ3v) is 2.99. The predicted octanol–water partition coefficient (Wildman–Crippen LogP) is 1.24. The zero-order valence-corrected chi connectivity index (χ0v) is 8.38. The Morgan fingerprint density at radius 3 is 3.08 bits per heavy atom. The summed E-state index contributed by atoms with van der Waals surface area (Å²) in [5.74, 6) is 0. The van der Waals surface area contributed by atoms with Gasteiger partial charge in [0, 0.05) is 22.9 Å². The number of rotatable bonds is 3. The maximum atomic E-state index is 5.91. The lowest BCUT2D eigenvalue weighted by Crippen LogP contribution is -2.13. The molecule has 0 saturated carbocycles. The first-order valence-electron chi connectivity index (χ1n) is 3.76. The molecule has 0 spiro atoms. The maximum Gasteiger partial charge on any atom is 0.0926 e. The van der Waals surface area contributed by atoms with Gasteiger partial charge in [0.05, 0.1) is 17.2 Å². The molecule has 68 valence electrons. The molecule has 0 bridgehead atoms. The third kappa shape index (κ3) is 2.09. The van der Waals surface area contributed by atoms with Crippen molar-refractivity contribution in [1.29, 1.82) is 0 Å². The highest BCUT2D eigenvalue weighted by atomic mass is 32.1. The average molecular weight is 212 g/mol. The van der Waals surface area contributed by atoms with Crippen LogP contribution in [0.15, 0.2) is 17.1 Å². The van der Waals surface area contributed by atoms with E-state index in [0.717, 1.165) is 12.1 Å². The van der Waals surface area contributed by atoms with Gasteiger partial charge in [-0.1, -0.05) is 4.49 Å². The van der Waals surface area contributed by atoms with Crippen LogP contribution in [0.1, 0.15) is 16.6 Å². The van der Waals surface area contributed by atoms with E-state index in [1.807, 2.05) is 11.6 Å². The highest BCUT2D eigenvalue weighted by Crippen LogP contribution is 2.16. The van der Waals surface area contributed by atoms with Gasteiger partial charge in [0.25, 0.3) is 0 Å². The molecule has 2 aromatic rings. The van der Waals surface area contributed by atoms with Crippen molar-refractivity contribution in [3.63, 3.8) is 0 Å². The topological polar surface area (TPSA) is 64.7 Å². The largest absolute Gasteiger partial charge is 0.322 e. The summed E-state index contributed by atoms with van der Waals surface area (Å²) in [6, 6.07) is -0.0563. The number of thiazole rings is 1. The fourth-order valence-electron chi connectivity index (χ4n) is 0.998. The van der Waals surface area contributed by atoms with Gasteiger partial charge in [0.15, 0.2) is 0 Å². The number of hydrogen-bond donors (Lipinski definition) is 1. The summed E-state index contributed by atoms with van der Waals surface area (Å²) >= 11 is 2.94. The minimum absolute atomic E-state index is 0.0563. The first-order chi connectivity index (χ1) is 6.36. The fraction of sp³-hybridized carbons (Fsp3) is 0.286. The molecule has 0 aliphatic carbocycles.